The Bertz CT molecular complexity index is 2140. The molecule has 10 nitrogen and oxygen atoms in total. The van der Waals surface area contributed by atoms with Gasteiger partial charge in [-0.1, -0.05) is 6.07 Å². The topological polar surface area (TPSA) is 121 Å². The first-order chi connectivity index (χ1) is 25.2. The third kappa shape index (κ3) is 6.18. The molecule has 17 heteroatoms. The molecule has 5 heterocycles. The van der Waals surface area contributed by atoms with Gasteiger partial charge < -0.3 is 25.0 Å². The van der Waals surface area contributed by atoms with Crippen LogP contribution in [0.5, 0.6) is 6.01 Å². The summed E-state index contributed by atoms with van der Waals surface area (Å²) in [5, 5.41) is 9.22. The van der Waals surface area contributed by atoms with Gasteiger partial charge in [0.1, 0.15) is 41.0 Å². The molecular formula is C36H37F6N7O3S. The van der Waals surface area contributed by atoms with E-state index in [1.54, 1.807) is 16.7 Å². The second-order valence-electron chi connectivity index (χ2n) is 13.8. The Kier molecular flexibility index (Phi) is 9.61. The molecule has 4 aromatic rings. The van der Waals surface area contributed by atoms with Gasteiger partial charge in [-0.3, -0.25) is 9.69 Å². The van der Waals surface area contributed by atoms with Crippen LogP contribution in [-0.2, 0) is 15.7 Å². The predicted molar refractivity (Wildman–Crippen MR) is 187 cm³/mol. The predicted octanol–water partition coefficient (Wildman–Crippen LogP) is 6.68. The van der Waals surface area contributed by atoms with Crippen molar-refractivity contribution < 1.29 is 40.6 Å². The monoisotopic (exact) mass is 761 g/mol. The molecule has 2 aromatic carbocycles. The number of rotatable bonds is 9. The first kappa shape index (κ1) is 36.9. The Hall–Kier alpha value is -4.40. The number of amides is 1. The molecular weight excluding hydrogens is 724 g/mol. The van der Waals surface area contributed by atoms with E-state index >= 15 is 22.0 Å². The molecule has 1 amide bonds. The van der Waals surface area contributed by atoms with Crippen molar-refractivity contribution in [1.29, 1.82) is 5.26 Å². The van der Waals surface area contributed by atoms with Crippen LogP contribution < -0.4 is 15.4 Å². The summed E-state index contributed by atoms with van der Waals surface area (Å²) in [5.74, 6) is -2.49. The lowest BCUT2D eigenvalue weighted by Crippen LogP contribution is -2.49. The van der Waals surface area contributed by atoms with Crippen LogP contribution in [0.1, 0.15) is 50.7 Å². The number of benzene rings is 2. The third-order valence-electron chi connectivity index (χ3n) is 10.9. The highest BCUT2D eigenvalue weighted by atomic mass is 32.1. The zero-order chi connectivity index (χ0) is 38.0. The minimum Gasteiger partial charge on any atom is -0.461 e. The number of nitrogen functional groups attached to an aromatic ring is 1. The van der Waals surface area contributed by atoms with Gasteiger partial charge in [-0.15, -0.1) is 11.3 Å². The fraction of sp³-hybridized carbons (Fsp3) is 0.500. The van der Waals surface area contributed by atoms with Gasteiger partial charge in [-0.05, 0) is 50.4 Å². The number of halogens is 6. The van der Waals surface area contributed by atoms with Gasteiger partial charge in [0.25, 0.3) is 0 Å². The van der Waals surface area contributed by atoms with Crippen LogP contribution in [0.15, 0.2) is 18.2 Å². The maximum atomic E-state index is 17.3. The van der Waals surface area contributed by atoms with Crippen LogP contribution >= 0.6 is 11.3 Å². The van der Waals surface area contributed by atoms with Crippen molar-refractivity contribution >= 4 is 49.1 Å². The highest BCUT2D eigenvalue weighted by Crippen LogP contribution is 2.48. The number of ether oxygens (including phenoxy) is 2. The highest BCUT2D eigenvalue weighted by molar-refractivity contribution is 7.23. The number of aromatic nitrogens is 2. The van der Waals surface area contributed by atoms with Gasteiger partial charge in [-0.2, -0.15) is 28.4 Å². The molecule has 0 saturated carbocycles. The van der Waals surface area contributed by atoms with Crippen LogP contribution in [-0.4, -0.2) is 96.0 Å². The molecule has 0 spiro atoms. The van der Waals surface area contributed by atoms with Crippen molar-refractivity contribution in [3.8, 4) is 23.2 Å². The fourth-order valence-electron chi connectivity index (χ4n) is 8.62. The van der Waals surface area contributed by atoms with E-state index in [-0.39, 0.29) is 82.1 Å². The minimum absolute atomic E-state index is 0.0360. The normalized spacial score (nSPS) is 23.2. The number of nitrogens with zero attached hydrogens (tertiary/aromatic N) is 6. The average Bonchev–Trinajstić information content (AvgIpc) is 3.86. The average molecular weight is 762 g/mol. The van der Waals surface area contributed by atoms with Crippen LogP contribution in [0.3, 0.4) is 0 Å². The summed E-state index contributed by atoms with van der Waals surface area (Å²) in [7, 11) is 1.48. The lowest BCUT2D eigenvalue weighted by molar-refractivity contribution is -0.137. The molecule has 3 aliphatic heterocycles. The number of anilines is 2. The SMILES string of the molecule is CCN(c1nc(OC[C@@]23CCCN2C[C@H](F)C3)nc2c(F)c(-c3ccc(F)c4sc(N)c(C#N)c34)c(C(F)(F)F)cc12)C1CCN(C(C)=O)C1COC. The number of hydrogen-bond donors (Lipinski definition) is 1. The number of methoxy groups -OCH3 is 1. The second-order valence-corrected chi connectivity index (χ2v) is 14.9. The standard InChI is InChI=1S/C36H37F6N7O3S/c1-4-48(25-8-11-49(18(2)50)26(25)16-51-3)33-21-12-23(36(40,41)42)28(20-6-7-24(38)31-27(20)22(14-43)32(44)53-31)29(39)30(21)45-34(46-33)52-17-35-9-5-10-47(35)15-19(37)13-35/h6-7,12,19,25-26H,4-5,8-11,13,15-17,44H2,1-3H3/t19-,25?,26?,35+/m1/s1. The van der Waals surface area contributed by atoms with Crippen molar-refractivity contribution in [1.82, 2.24) is 19.8 Å². The summed E-state index contributed by atoms with van der Waals surface area (Å²) < 4.78 is 104. The Morgan fingerprint density at radius 1 is 1.25 bits per heavy atom. The van der Waals surface area contributed by atoms with Crippen molar-refractivity contribution in [3.63, 3.8) is 0 Å². The first-order valence-electron chi connectivity index (χ1n) is 17.3. The maximum Gasteiger partial charge on any atom is 0.417 e. The van der Waals surface area contributed by atoms with E-state index in [0.29, 0.717) is 37.3 Å². The number of carbonyl (C=O) groups excluding carboxylic acids is 1. The molecule has 282 valence electrons. The van der Waals surface area contributed by atoms with Gasteiger partial charge >= 0.3 is 12.2 Å². The van der Waals surface area contributed by atoms with Gasteiger partial charge in [0, 0.05) is 56.4 Å². The number of likely N-dealkylation sites (tertiary alicyclic amines) is 1. The van der Waals surface area contributed by atoms with E-state index in [1.165, 1.54) is 14.0 Å². The molecule has 3 fully saturated rings. The van der Waals surface area contributed by atoms with E-state index in [2.05, 4.69) is 9.97 Å². The van der Waals surface area contributed by atoms with Gasteiger partial charge in [-0.25, -0.2) is 13.2 Å². The highest BCUT2D eigenvalue weighted by Gasteiger charge is 2.50. The van der Waals surface area contributed by atoms with Gasteiger partial charge in [0.05, 0.1) is 40.1 Å². The fourth-order valence-corrected chi connectivity index (χ4v) is 9.57. The Morgan fingerprint density at radius 2 is 2.02 bits per heavy atom. The number of likely N-dealkylation sites (N-methyl/N-ethyl adjacent to an activating group) is 1. The number of fused-ring (bicyclic) bond motifs is 3. The lowest BCUT2D eigenvalue weighted by Gasteiger charge is -2.36. The molecule has 0 aliphatic carbocycles. The quantitative estimate of drug-likeness (QED) is 0.186. The van der Waals surface area contributed by atoms with Crippen LogP contribution in [0, 0.1) is 23.0 Å². The van der Waals surface area contributed by atoms with Crippen molar-refractivity contribution in [3.05, 3.63) is 41.0 Å². The molecule has 4 atom stereocenters. The molecule has 3 saturated heterocycles. The minimum atomic E-state index is -5.14. The lowest BCUT2D eigenvalue weighted by atomic mass is 9.92. The largest absolute Gasteiger partial charge is 0.461 e. The van der Waals surface area contributed by atoms with Crippen LogP contribution in [0.4, 0.5) is 37.2 Å². The molecule has 2 N–H and O–H groups in total. The summed E-state index contributed by atoms with van der Waals surface area (Å²) in [6.07, 6.45) is -4.11. The summed E-state index contributed by atoms with van der Waals surface area (Å²) in [6, 6.07) is 3.15. The number of thiophene rings is 1. The Morgan fingerprint density at radius 3 is 2.70 bits per heavy atom. The van der Waals surface area contributed by atoms with Crippen molar-refractivity contribution in [2.24, 2.45) is 0 Å². The summed E-state index contributed by atoms with van der Waals surface area (Å²) in [6.45, 7) is 4.72. The summed E-state index contributed by atoms with van der Waals surface area (Å²) in [5.41, 5.74) is 1.82. The molecule has 2 unspecified atom stereocenters. The molecule has 3 aliphatic rings. The van der Waals surface area contributed by atoms with E-state index < -0.39 is 58.2 Å². The molecule has 53 heavy (non-hydrogen) atoms. The van der Waals surface area contributed by atoms with Crippen LogP contribution in [0.25, 0.3) is 32.1 Å². The smallest absolute Gasteiger partial charge is 0.417 e. The van der Waals surface area contributed by atoms with Gasteiger partial charge in [0.15, 0.2) is 5.82 Å². The number of alkyl halides is 4. The maximum absolute atomic E-state index is 17.3. The number of hydrogen-bond acceptors (Lipinski definition) is 10. The van der Waals surface area contributed by atoms with Crippen molar-refractivity contribution in [2.75, 3.05) is 57.1 Å². The zero-order valence-corrected chi connectivity index (χ0v) is 30.0. The molecule has 2 aromatic heterocycles. The van der Waals surface area contributed by atoms with E-state index in [0.717, 1.165) is 24.6 Å². The van der Waals surface area contributed by atoms with E-state index in [9.17, 15) is 14.4 Å². The van der Waals surface area contributed by atoms with E-state index in [1.807, 2.05) is 11.0 Å². The molecule has 0 radical (unpaired) electrons. The Balaban J connectivity index is 1.48. The summed E-state index contributed by atoms with van der Waals surface area (Å²) >= 11 is 0.675. The van der Waals surface area contributed by atoms with Gasteiger partial charge in [0.2, 0.25) is 5.91 Å². The Labute approximate surface area is 305 Å². The molecule has 7 rings (SSSR count). The zero-order valence-electron chi connectivity index (χ0n) is 29.2. The van der Waals surface area contributed by atoms with Crippen LogP contribution in [0.2, 0.25) is 0 Å². The number of carbonyl (C=O) groups is 1. The van der Waals surface area contributed by atoms with E-state index in [4.69, 9.17) is 15.2 Å². The molecule has 0 bridgehead atoms. The third-order valence-corrected chi connectivity index (χ3v) is 11.9. The first-order valence-corrected chi connectivity index (χ1v) is 18.1. The summed E-state index contributed by atoms with van der Waals surface area (Å²) in [4.78, 5) is 26.9. The number of nitrogens with two attached hydrogens (primary N) is 1. The van der Waals surface area contributed by atoms with Crippen molar-refractivity contribution in [2.45, 2.75) is 69.5 Å². The number of nitriles is 1. The second kappa shape index (κ2) is 13.8.